The average molecular weight is 200 g/mol. The van der Waals surface area contributed by atoms with Crippen molar-refractivity contribution in [1.29, 1.82) is 0 Å². The van der Waals surface area contributed by atoms with Crippen LogP contribution in [0.15, 0.2) is 0 Å². The molecule has 1 aliphatic heterocycles. The van der Waals surface area contributed by atoms with E-state index in [0.29, 0.717) is 13.3 Å². The van der Waals surface area contributed by atoms with Crippen LogP contribution in [-0.2, 0) is 9.53 Å². The molecule has 1 saturated heterocycles. The normalized spacial score (nSPS) is 18.6. The number of ether oxygens (including phenoxy) is 1. The maximum atomic E-state index is 11.8. The summed E-state index contributed by atoms with van der Waals surface area (Å²) in [7, 11) is 1.64. The zero-order valence-corrected chi connectivity index (χ0v) is 9.08. The molecule has 1 heterocycles. The maximum absolute atomic E-state index is 11.8. The fourth-order valence-electron chi connectivity index (χ4n) is 1.71. The highest BCUT2D eigenvalue weighted by Gasteiger charge is 2.22. The zero-order valence-electron chi connectivity index (χ0n) is 9.08. The van der Waals surface area contributed by atoms with Crippen LogP contribution >= 0.6 is 0 Å². The van der Waals surface area contributed by atoms with Crippen LogP contribution in [0.4, 0.5) is 0 Å². The van der Waals surface area contributed by atoms with Crippen LogP contribution in [0.1, 0.15) is 19.8 Å². The number of methoxy groups -OCH3 is 1. The van der Waals surface area contributed by atoms with Crippen molar-refractivity contribution in [3.05, 3.63) is 0 Å². The van der Waals surface area contributed by atoms with Crippen LogP contribution in [0.2, 0.25) is 0 Å². The molecule has 4 heteroatoms. The van der Waals surface area contributed by atoms with Crippen LogP contribution in [0.25, 0.3) is 0 Å². The van der Waals surface area contributed by atoms with Crippen molar-refractivity contribution >= 4 is 5.91 Å². The highest BCUT2D eigenvalue weighted by atomic mass is 16.5. The van der Waals surface area contributed by atoms with E-state index < -0.39 is 0 Å². The molecule has 1 N–H and O–H groups in total. The topological polar surface area (TPSA) is 41.6 Å². The van der Waals surface area contributed by atoms with Gasteiger partial charge in [0.15, 0.2) is 0 Å². The third kappa shape index (κ3) is 3.27. The number of nitrogens with one attached hydrogen (secondary N) is 1. The lowest BCUT2D eigenvalue weighted by Crippen LogP contribution is -2.37. The number of hydrogen-bond acceptors (Lipinski definition) is 3. The SMILES string of the molecule is COCNC[C@H](C)C(=O)N1CCCC1. The van der Waals surface area contributed by atoms with Crippen molar-refractivity contribution in [3.63, 3.8) is 0 Å². The van der Waals surface area contributed by atoms with Crippen LogP contribution < -0.4 is 5.32 Å². The Hall–Kier alpha value is -0.610. The summed E-state index contributed by atoms with van der Waals surface area (Å²) < 4.78 is 4.86. The largest absolute Gasteiger partial charge is 0.370 e. The number of rotatable bonds is 5. The van der Waals surface area contributed by atoms with Gasteiger partial charge in [-0.25, -0.2) is 0 Å². The minimum Gasteiger partial charge on any atom is -0.370 e. The molecule has 0 saturated carbocycles. The number of hydrogen-bond donors (Lipinski definition) is 1. The molecule has 0 unspecified atom stereocenters. The fraction of sp³-hybridized carbons (Fsp3) is 0.900. The third-order valence-electron chi connectivity index (χ3n) is 2.54. The van der Waals surface area contributed by atoms with Crippen molar-refractivity contribution in [1.82, 2.24) is 10.2 Å². The molecule has 1 rings (SSSR count). The van der Waals surface area contributed by atoms with Gasteiger partial charge in [0, 0.05) is 32.7 Å². The summed E-state index contributed by atoms with van der Waals surface area (Å²) in [5.74, 6) is 0.328. The molecule has 0 aromatic carbocycles. The molecule has 1 atom stereocenters. The molecule has 4 nitrogen and oxygen atoms in total. The van der Waals surface area contributed by atoms with E-state index in [2.05, 4.69) is 5.32 Å². The van der Waals surface area contributed by atoms with Gasteiger partial charge in [-0.3, -0.25) is 10.1 Å². The summed E-state index contributed by atoms with van der Waals surface area (Å²) in [6.07, 6.45) is 2.31. The molecular formula is C10H20N2O2. The van der Waals surface area contributed by atoms with Crippen molar-refractivity contribution < 1.29 is 9.53 Å². The lowest BCUT2D eigenvalue weighted by molar-refractivity contribution is -0.133. The molecule has 14 heavy (non-hydrogen) atoms. The average Bonchev–Trinajstić information content (AvgIpc) is 2.69. The molecule has 1 amide bonds. The van der Waals surface area contributed by atoms with E-state index in [-0.39, 0.29) is 11.8 Å². The van der Waals surface area contributed by atoms with E-state index >= 15 is 0 Å². The molecule has 82 valence electrons. The standard InChI is InChI=1S/C10H20N2O2/c1-9(7-11-8-14-2)10(13)12-5-3-4-6-12/h9,11H,3-8H2,1-2H3/t9-/m0/s1. The number of nitrogens with zero attached hydrogens (tertiary/aromatic N) is 1. The Morgan fingerprint density at radius 2 is 2.14 bits per heavy atom. The summed E-state index contributed by atoms with van der Waals surface area (Å²) in [5, 5.41) is 3.07. The second-order valence-corrected chi connectivity index (χ2v) is 3.82. The van der Waals surface area contributed by atoms with Gasteiger partial charge in [-0.15, -0.1) is 0 Å². The fourth-order valence-corrected chi connectivity index (χ4v) is 1.71. The molecule has 1 aliphatic rings. The first kappa shape index (κ1) is 11.5. The highest BCUT2D eigenvalue weighted by molar-refractivity contribution is 5.78. The Labute approximate surface area is 85.6 Å². The Bertz CT molecular complexity index is 179. The molecule has 0 aromatic rings. The first-order chi connectivity index (χ1) is 6.75. The Morgan fingerprint density at radius 1 is 1.50 bits per heavy atom. The quantitative estimate of drug-likeness (QED) is 0.517. The van der Waals surface area contributed by atoms with Crippen molar-refractivity contribution in [2.24, 2.45) is 5.92 Å². The van der Waals surface area contributed by atoms with Gasteiger partial charge < -0.3 is 9.64 Å². The number of amides is 1. The zero-order chi connectivity index (χ0) is 10.4. The Balaban J connectivity index is 2.21. The van der Waals surface area contributed by atoms with Crippen LogP contribution in [0, 0.1) is 5.92 Å². The van der Waals surface area contributed by atoms with E-state index in [4.69, 9.17) is 4.74 Å². The second kappa shape index (κ2) is 5.98. The summed E-state index contributed by atoms with van der Waals surface area (Å²) in [6.45, 7) is 5.05. The smallest absolute Gasteiger partial charge is 0.226 e. The third-order valence-corrected chi connectivity index (χ3v) is 2.54. The van der Waals surface area contributed by atoms with Crippen LogP contribution in [0.5, 0.6) is 0 Å². The van der Waals surface area contributed by atoms with Crippen LogP contribution in [-0.4, -0.2) is 44.3 Å². The van der Waals surface area contributed by atoms with E-state index in [1.165, 1.54) is 0 Å². The first-order valence-electron chi connectivity index (χ1n) is 5.24. The van der Waals surface area contributed by atoms with Gasteiger partial charge in [0.1, 0.15) is 0 Å². The number of carbonyl (C=O) groups excluding carboxylic acids is 1. The predicted octanol–water partition coefficient (Wildman–Crippen LogP) is 0.438. The molecule has 1 fully saturated rings. The number of likely N-dealkylation sites (tertiary alicyclic amines) is 1. The molecule has 0 radical (unpaired) electrons. The first-order valence-corrected chi connectivity index (χ1v) is 5.24. The van der Waals surface area contributed by atoms with Crippen molar-refractivity contribution in [2.45, 2.75) is 19.8 Å². The van der Waals surface area contributed by atoms with Crippen molar-refractivity contribution in [2.75, 3.05) is 33.5 Å². The molecule has 0 spiro atoms. The predicted molar refractivity (Wildman–Crippen MR) is 54.9 cm³/mol. The van der Waals surface area contributed by atoms with Gasteiger partial charge in [0.05, 0.1) is 6.73 Å². The highest BCUT2D eigenvalue weighted by Crippen LogP contribution is 2.11. The van der Waals surface area contributed by atoms with E-state index in [9.17, 15) is 4.79 Å². The summed E-state index contributed by atoms with van der Waals surface area (Å²) in [5.41, 5.74) is 0. The molecule has 0 bridgehead atoms. The van der Waals surface area contributed by atoms with Gasteiger partial charge in [-0.2, -0.15) is 0 Å². The lowest BCUT2D eigenvalue weighted by atomic mass is 10.1. The van der Waals surface area contributed by atoms with Crippen molar-refractivity contribution in [3.8, 4) is 0 Å². The molecule has 0 aromatic heterocycles. The Kier molecular flexibility index (Phi) is 4.90. The lowest BCUT2D eigenvalue weighted by Gasteiger charge is -2.20. The minimum atomic E-state index is 0.0586. The van der Waals surface area contributed by atoms with E-state index in [0.717, 1.165) is 25.9 Å². The number of carbonyl (C=O) groups is 1. The maximum Gasteiger partial charge on any atom is 0.226 e. The minimum absolute atomic E-state index is 0.0586. The molecule has 0 aliphatic carbocycles. The van der Waals surface area contributed by atoms with Gasteiger partial charge in [0.2, 0.25) is 5.91 Å². The monoisotopic (exact) mass is 200 g/mol. The van der Waals surface area contributed by atoms with E-state index in [1.54, 1.807) is 7.11 Å². The molecular weight excluding hydrogens is 180 g/mol. The van der Waals surface area contributed by atoms with Gasteiger partial charge in [-0.1, -0.05) is 6.92 Å². The van der Waals surface area contributed by atoms with Gasteiger partial charge in [0.25, 0.3) is 0 Å². The Morgan fingerprint density at radius 3 is 2.71 bits per heavy atom. The van der Waals surface area contributed by atoms with E-state index in [1.807, 2.05) is 11.8 Å². The second-order valence-electron chi connectivity index (χ2n) is 3.82. The summed E-state index contributed by atoms with van der Waals surface area (Å²) in [4.78, 5) is 13.7. The van der Waals surface area contributed by atoms with Gasteiger partial charge in [-0.05, 0) is 12.8 Å². The summed E-state index contributed by atoms with van der Waals surface area (Å²) in [6, 6.07) is 0. The van der Waals surface area contributed by atoms with Crippen LogP contribution in [0.3, 0.4) is 0 Å². The summed E-state index contributed by atoms with van der Waals surface area (Å²) >= 11 is 0. The van der Waals surface area contributed by atoms with Gasteiger partial charge >= 0.3 is 0 Å².